The van der Waals surface area contributed by atoms with E-state index >= 15 is 0 Å². The van der Waals surface area contributed by atoms with Gasteiger partial charge in [0.15, 0.2) is 0 Å². The zero-order chi connectivity index (χ0) is 6.53. The maximum Gasteiger partial charge on any atom is 0.0521 e. The summed E-state index contributed by atoms with van der Waals surface area (Å²) in [5.74, 6) is 0. The first kappa shape index (κ1) is 9.53. The zero-order valence-electron chi connectivity index (χ0n) is 6.08. The minimum atomic E-state index is 0. The van der Waals surface area contributed by atoms with Crippen LogP contribution in [-0.4, -0.2) is 18.1 Å². The van der Waals surface area contributed by atoms with E-state index in [0.717, 1.165) is 13.1 Å². The Balaban J connectivity index is 0.000000810. The smallest absolute Gasteiger partial charge is 0.0521 e. The lowest BCUT2D eigenvalue weighted by molar-refractivity contribution is 0.303. The van der Waals surface area contributed by atoms with Gasteiger partial charge in [-0.15, -0.1) is 12.4 Å². The summed E-state index contributed by atoms with van der Waals surface area (Å²) in [5, 5.41) is 2.06. The zero-order valence-corrected chi connectivity index (χ0v) is 6.90. The highest BCUT2D eigenvalue weighted by molar-refractivity contribution is 5.85. The van der Waals surface area contributed by atoms with E-state index in [2.05, 4.69) is 23.4 Å². The highest BCUT2D eigenvalue weighted by Crippen LogP contribution is 1.92. The predicted octanol–water partition coefficient (Wildman–Crippen LogP) is 1.32. The molecule has 1 aliphatic rings. The molecule has 0 atom stereocenters. The van der Waals surface area contributed by atoms with Crippen LogP contribution in [0.15, 0.2) is 24.4 Å². The van der Waals surface area contributed by atoms with Crippen molar-refractivity contribution < 1.29 is 0 Å². The summed E-state index contributed by atoms with van der Waals surface area (Å²) >= 11 is 0. The first-order chi connectivity index (χ1) is 4.43. The van der Waals surface area contributed by atoms with Crippen LogP contribution in [0.4, 0.5) is 0 Å². The average Bonchev–Trinajstić information content (AvgIpc) is 1.91. The molecule has 3 heteroatoms. The van der Waals surface area contributed by atoms with Gasteiger partial charge in [-0.05, 0) is 6.08 Å². The van der Waals surface area contributed by atoms with Crippen molar-refractivity contribution in [3.05, 3.63) is 24.4 Å². The van der Waals surface area contributed by atoms with Crippen LogP contribution in [0.2, 0.25) is 0 Å². The summed E-state index contributed by atoms with van der Waals surface area (Å²) in [7, 11) is 0. The van der Waals surface area contributed by atoms with Crippen molar-refractivity contribution in [2.45, 2.75) is 6.92 Å². The Labute approximate surface area is 68.0 Å². The van der Waals surface area contributed by atoms with Crippen LogP contribution in [0.25, 0.3) is 0 Å². The molecule has 0 saturated carbocycles. The maximum absolute atomic E-state index is 3.18. The van der Waals surface area contributed by atoms with Crippen LogP contribution in [0.3, 0.4) is 0 Å². The van der Waals surface area contributed by atoms with Gasteiger partial charge in [0, 0.05) is 12.7 Å². The monoisotopic (exact) mass is 160 g/mol. The van der Waals surface area contributed by atoms with E-state index in [-0.39, 0.29) is 12.4 Å². The number of halogens is 1. The normalized spacial score (nSPS) is 15.1. The Hall–Kier alpha value is -0.470. The molecular formula is C7H13ClN2. The molecule has 1 rings (SSSR count). The Kier molecular flexibility index (Phi) is 5.08. The minimum Gasteiger partial charge on any atom is -0.312 e. The van der Waals surface area contributed by atoms with Gasteiger partial charge in [-0.3, -0.25) is 0 Å². The Morgan fingerprint density at radius 3 is 2.80 bits per heavy atom. The first-order valence-electron chi connectivity index (χ1n) is 3.27. The van der Waals surface area contributed by atoms with E-state index in [9.17, 15) is 0 Å². The molecule has 0 saturated heterocycles. The molecule has 0 unspecified atom stereocenters. The van der Waals surface area contributed by atoms with Crippen molar-refractivity contribution in [1.82, 2.24) is 10.4 Å². The molecule has 0 aromatic heterocycles. The van der Waals surface area contributed by atoms with Crippen molar-refractivity contribution in [1.29, 1.82) is 0 Å². The molecule has 1 N–H and O–H groups in total. The van der Waals surface area contributed by atoms with E-state index in [1.54, 1.807) is 0 Å². The van der Waals surface area contributed by atoms with Crippen LogP contribution < -0.4 is 5.43 Å². The minimum absolute atomic E-state index is 0. The summed E-state index contributed by atoms with van der Waals surface area (Å²) in [5.41, 5.74) is 3.18. The van der Waals surface area contributed by atoms with Gasteiger partial charge in [0.25, 0.3) is 0 Å². The number of allylic oxidation sites excluding steroid dienone is 2. The van der Waals surface area contributed by atoms with Crippen molar-refractivity contribution in [3.8, 4) is 0 Å². The Morgan fingerprint density at radius 1 is 1.50 bits per heavy atom. The summed E-state index contributed by atoms with van der Waals surface area (Å²) in [6.45, 7) is 4.05. The third-order valence-corrected chi connectivity index (χ3v) is 1.18. The maximum atomic E-state index is 3.18. The molecule has 2 nitrogen and oxygen atoms in total. The van der Waals surface area contributed by atoms with Gasteiger partial charge >= 0.3 is 0 Å². The fraction of sp³-hybridized carbons (Fsp3) is 0.429. The summed E-state index contributed by atoms with van der Waals surface area (Å²) in [6, 6.07) is 0. The average molecular weight is 161 g/mol. The van der Waals surface area contributed by atoms with E-state index < -0.39 is 0 Å². The number of rotatable bonds is 2. The lowest BCUT2D eigenvalue weighted by Gasteiger charge is -2.19. The van der Waals surface area contributed by atoms with Gasteiger partial charge in [0.1, 0.15) is 0 Å². The summed E-state index contributed by atoms with van der Waals surface area (Å²) in [6.07, 6.45) is 8.21. The topological polar surface area (TPSA) is 15.3 Å². The highest BCUT2D eigenvalue weighted by atomic mass is 35.5. The molecule has 0 fully saturated rings. The Morgan fingerprint density at radius 2 is 2.30 bits per heavy atom. The van der Waals surface area contributed by atoms with Gasteiger partial charge in [0.05, 0.1) is 6.54 Å². The predicted molar refractivity (Wildman–Crippen MR) is 45.9 cm³/mol. The molecule has 0 aromatic carbocycles. The first-order valence-corrected chi connectivity index (χ1v) is 3.27. The van der Waals surface area contributed by atoms with E-state index in [1.165, 1.54) is 0 Å². The van der Waals surface area contributed by atoms with Crippen molar-refractivity contribution in [2.24, 2.45) is 0 Å². The molecule has 0 radical (unpaired) electrons. The van der Waals surface area contributed by atoms with Crippen molar-refractivity contribution in [2.75, 3.05) is 13.1 Å². The summed E-state index contributed by atoms with van der Waals surface area (Å²) < 4.78 is 0. The van der Waals surface area contributed by atoms with Gasteiger partial charge < -0.3 is 5.01 Å². The van der Waals surface area contributed by atoms with Crippen LogP contribution >= 0.6 is 12.4 Å². The molecule has 0 aromatic rings. The largest absolute Gasteiger partial charge is 0.312 e. The van der Waals surface area contributed by atoms with Crippen LogP contribution in [-0.2, 0) is 0 Å². The molecule has 1 heterocycles. The van der Waals surface area contributed by atoms with Gasteiger partial charge in [-0.2, -0.15) is 0 Å². The molecule has 10 heavy (non-hydrogen) atoms. The lowest BCUT2D eigenvalue weighted by Crippen LogP contribution is -2.33. The lowest BCUT2D eigenvalue weighted by atomic mass is 10.4. The van der Waals surface area contributed by atoms with Crippen LogP contribution in [0.5, 0.6) is 0 Å². The fourth-order valence-electron chi connectivity index (χ4n) is 0.788. The fourth-order valence-corrected chi connectivity index (χ4v) is 0.788. The van der Waals surface area contributed by atoms with Crippen LogP contribution in [0.1, 0.15) is 6.92 Å². The second kappa shape index (κ2) is 5.33. The van der Waals surface area contributed by atoms with Gasteiger partial charge in [0.2, 0.25) is 0 Å². The second-order valence-corrected chi connectivity index (χ2v) is 1.93. The van der Waals surface area contributed by atoms with Gasteiger partial charge in [-0.25, -0.2) is 5.43 Å². The standard InChI is InChI=1S/C7H12N2.ClH/c1-2-8-9-6-4-3-5-7-9;/h3-6,8H,2,7H2,1H3;1H. The quantitative estimate of drug-likeness (QED) is 0.656. The molecule has 0 bridgehead atoms. The number of nitrogens with zero attached hydrogens (tertiary/aromatic N) is 1. The van der Waals surface area contributed by atoms with Crippen molar-refractivity contribution in [3.63, 3.8) is 0 Å². The third-order valence-electron chi connectivity index (χ3n) is 1.18. The van der Waals surface area contributed by atoms with E-state index in [0.29, 0.717) is 0 Å². The van der Waals surface area contributed by atoms with E-state index in [4.69, 9.17) is 0 Å². The molecule has 0 amide bonds. The van der Waals surface area contributed by atoms with Crippen molar-refractivity contribution >= 4 is 12.4 Å². The SMILES string of the molecule is CCNN1C=CC=CC1.Cl. The van der Waals surface area contributed by atoms with E-state index in [1.807, 2.05) is 18.4 Å². The highest BCUT2D eigenvalue weighted by Gasteiger charge is 1.93. The summed E-state index contributed by atoms with van der Waals surface area (Å²) in [4.78, 5) is 0. The number of hydrazine groups is 1. The molecule has 0 spiro atoms. The molecule has 58 valence electrons. The molecular weight excluding hydrogens is 148 g/mol. The molecule has 0 aliphatic carbocycles. The van der Waals surface area contributed by atoms with Gasteiger partial charge in [-0.1, -0.05) is 19.1 Å². The molecule has 1 aliphatic heterocycles. The van der Waals surface area contributed by atoms with Crippen LogP contribution in [0, 0.1) is 0 Å². The number of hydrogen-bond acceptors (Lipinski definition) is 2. The number of hydrogen-bond donors (Lipinski definition) is 1. The third kappa shape index (κ3) is 2.90. The number of nitrogens with one attached hydrogen (secondary N) is 1. The Bertz CT molecular complexity index is 132. The second-order valence-electron chi connectivity index (χ2n) is 1.93.